The van der Waals surface area contributed by atoms with Gasteiger partial charge in [-0.15, -0.1) is 0 Å². The second kappa shape index (κ2) is 7.33. The molecule has 4 heteroatoms. The molecule has 0 amide bonds. The highest BCUT2D eigenvalue weighted by molar-refractivity contribution is 5.66. The molecule has 0 unspecified atom stereocenters. The summed E-state index contributed by atoms with van der Waals surface area (Å²) in [7, 11) is 0. The van der Waals surface area contributed by atoms with Gasteiger partial charge >= 0.3 is 5.97 Å². The molecule has 0 heterocycles. The first kappa shape index (κ1) is 14.9. The van der Waals surface area contributed by atoms with Crippen LogP contribution in [0.15, 0.2) is 48.5 Å². The lowest BCUT2D eigenvalue weighted by Gasteiger charge is -2.13. The van der Waals surface area contributed by atoms with Gasteiger partial charge in [0.1, 0.15) is 5.75 Å². The van der Waals surface area contributed by atoms with E-state index in [1.807, 2.05) is 55.5 Å². The zero-order valence-corrected chi connectivity index (χ0v) is 12.0. The zero-order chi connectivity index (χ0) is 15.1. The Balaban J connectivity index is 2.01. The first-order valence-corrected chi connectivity index (χ1v) is 6.94. The normalized spacial score (nSPS) is 10.1. The van der Waals surface area contributed by atoms with Crippen LogP contribution in [0, 0.1) is 6.92 Å². The van der Waals surface area contributed by atoms with E-state index in [0.717, 1.165) is 22.7 Å². The summed E-state index contributed by atoms with van der Waals surface area (Å²) in [6.07, 6.45) is 0.738. The second-order valence-electron chi connectivity index (χ2n) is 4.84. The van der Waals surface area contributed by atoms with E-state index in [2.05, 4.69) is 5.32 Å². The van der Waals surface area contributed by atoms with Crippen molar-refractivity contribution in [3.63, 3.8) is 0 Å². The molecular weight excluding hydrogens is 266 g/mol. The average molecular weight is 285 g/mol. The molecule has 0 aliphatic carbocycles. The van der Waals surface area contributed by atoms with E-state index < -0.39 is 5.97 Å². The van der Waals surface area contributed by atoms with Crippen molar-refractivity contribution in [2.45, 2.75) is 19.8 Å². The molecule has 2 N–H and O–H groups in total. The molecule has 0 spiro atoms. The Morgan fingerprint density at radius 2 is 2.00 bits per heavy atom. The predicted molar refractivity (Wildman–Crippen MR) is 83.1 cm³/mol. The van der Waals surface area contributed by atoms with Crippen LogP contribution in [-0.4, -0.2) is 17.6 Å². The van der Waals surface area contributed by atoms with Crippen molar-refractivity contribution in [1.82, 2.24) is 0 Å². The van der Waals surface area contributed by atoms with Gasteiger partial charge in [0, 0.05) is 13.0 Å². The van der Waals surface area contributed by atoms with Crippen molar-refractivity contribution in [3.05, 3.63) is 54.1 Å². The highest BCUT2D eigenvalue weighted by Gasteiger charge is 2.04. The minimum absolute atomic E-state index is 0.161. The number of nitrogens with one attached hydrogen (secondary N) is 1. The number of hydrogen-bond donors (Lipinski definition) is 2. The van der Waals surface area contributed by atoms with Crippen LogP contribution in [0.25, 0.3) is 0 Å². The van der Waals surface area contributed by atoms with E-state index in [9.17, 15) is 4.79 Å². The Bertz CT molecular complexity index is 610. The van der Waals surface area contributed by atoms with Gasteiger partial charge in [0.2, 0.25) is 0 Å². The van der Waals surface area contributed by atoms with E-state index in [1.54, 1.807) is 0 Å². The van der Waals surface area contributed by atoms with E-state index in [4.69, 9.17) is 9.84 Å². The van der Waals surface area contributed by atoms with Crippen molar-refractivity contribution in [3.8, 4) is 11.5 Å². The number of hydrogen-bond acceptors (Lipinski definition) is 3. The van der Waals surface area contributed by atoms with Gasteiger partial charge < -0.3 is 15.2 Å². The van der Waals surface area contributed by atoms with Crippen molar-refractivity contribution in [1.29, 1.82) is 0 Å². The number of ether oxygens (including phenoxy) is 1. The van der Waals surface area contributed by atoms with Crippen molar-refractivity contribution < 1.29 is 14.6 Å². The van der Waals surface area contributed by atoms with Crippen LogP contribution in [0.2, 0.25) is 0 Å². The summed E-state index contributed by atoms with van der Waals surface area (Å²) in [5.41, 5.74) is 2.00. The fraction of sp³-hybridized carbons (Fsp3) is 0.235. The highest BCUT2D eigenvalue weighted by Crippen LogP contribution is 2.29. The van der Waals surface area contributed by atoms with E-state index in [1.165, 1.54) is 0 Å². The van der Waals surface area contributed by atoms with E-state index in [-0.39, 0.29) is 6.42 Å². The number of anilines is 1. The van der Waals surface area contributed by atoms with Crippen molar-refractivity contribution >= 4 is 11.7 Å². The maximum absolute atomic E-state index is 10.5. The zero-order valence-electron chi connectivity index (χ0n) is 12.0. The molecule has 0 aromatic heterocycles. The molecule has 0 aliphatic heterocycles. The molecule has 0 atom stereocenters. The molecule has 110 valence electrons. The average Bonchev–Trinajstić information content (AvgIpc) is 2.45. The largest absolute Gasteiger partial charge is 0.481 e. The summed E-state index contributed by atoms with van der Waals surface area (Å²) in [5.74, 6) is 0.745. The molecule has 21 heavy (non-hydrogen) atoms. The molecule has 0 saturated carbocycles. The lowest BCUT2D eigenvalue weighted by molar-refractivity contribution is -0.137. The SMILES string of the molecule is Cc1cccc(Oc2ccccc2NCCCC(=O)O)c1. The summed E-state index contributed by atoms with van der Waals surface area (Å²) in [6, 6.07) is 15.5. The summed E-state index contributed by atoms with van der Waals surface area (Å²) >= 11 is 0. The van der Waals surface area contributed by atoms with Crippen LogP contribution < -0.4 is 10.1 Å². The van der Waals surface area contributed by atoms with Crippen LogP contribution >= 0.6 is 0 Å². The summed E-state index contributed by atoms with van der Waals surface area (Å²) in [6.45, 7) is 2.61. The standard InChI is InChI=1S/C17H19NO3/c1-13-6-4-7-14(12-13)21-16-9-3-2-8-15(16)18-11-5-10-17(19)20/h2-4,6-9,12,18H,5,10-11H2,1H3,(H,19,20). The third-order valence-electron chi connectivity index (χ3n) is 2.99. The van der Waals surface area contributed by atoms with E-state index >= 15 is 0 Å². The van der Waals surface area contributed by atoms with Gasteiger partial charge in [0.25, 0.3) is 0 Å². The lowest BCUT2D eigenvalue weighted by Crippen LogP contribution is -2.05. The molecule has 4 nitrogen and oxygen atoms in total. The molecule has 2 aromatic carbocycles. The summed E-state index contributed by atoms with van der Waals surface area (Å²) in [5, 5.41) is 11.8. The number of carboxylic acids is 1. The Morgan fingerprint density at radius 1 is 1.19 bits per heavy atom. The molecule has 0 saturated heterocycles. The number of benzene rings is 2. The van der Waals surface area contributed by atoms with Gasteiger partial charge in [0.05, 0.1) is 5.69 Å². The van der Waals surface area contributed by atoms with Crippen LogP contribution in [0.5, 0.6) is 11.5 Å². The van der Waals surface area contributed by atoms with Crippen LogP contribution in [0.3, 0.4) is 0 Å². The minimum Gasteiger partial charge on any atom is -0.481 e. The maximum Gasteiger partial charge on any atom is 0.303 e. The van der Waals surface area contributed by atoms with Gasteiger partial charge in [-0.1, -0.05) is 24.3 Å². The molecule has 0 bridgehead atoms. The molecule has 0 radical (unpaired) electrons. The first-order valence-electron chi connectivity index (χ1n) is 6.94. The number of aliphatic carboxylic acids is 1. The monoisotopic (exact) mass is 285 g/mol. The van der Waals surface area contributed by atoms with Gasteiger partial charge in [-0.2, -0.15) is 0 Å². The van der Waals surface area contributed by atoms with Gasteiger partial charge in [0.15, 0.2) is 5.75 Å². The molecule has 0 aliphatic rings. The van der Waals surface area contributed by atoms with Crippen LogP contribution in [0.1, 0.15) is 18.4 Å². The number of rotatable bonds is 7. The van der Waals surface area contributed by atoms with Crippen molar-refractivity contribution in [2.75, 3.05) is 11.9 Å². The highest BCUT2D eigenvalue weighted by atomic mass is 16.5. The van der Waals surface area contributed by atoms with Gasteiger partial charge in [-0.3, -0.25) is 4.79 Å². The number of carbonyl (C=O) groups is 1. The lowest BCUT2D eigenvalue weighted by atomic mass is 10.2. The molecule has 2 aromatic rings. The molecule has 2 rings (SSSR count). The summed E-state index contributed by atoms with van der Waals surface area (Å²) < 4.78 is 5.89. The number of para-hydroxylation sites is 2. The smallest absolute Gasteiger partial charge is 0.303 e. The number of aryl methyl sites for hydroxylation is 1. The first-order chi connectivity index (χ1) is 10.1. The van der Waals surface area contributed by atoms with Crippen LogP contribution in [0.4, 0.5) is 5.69 Å². The Labute approximate surface area is 124 Å². The van der Waals surface area contributed by atoms with Gasteiger partial charge in [-0.05, 0) is 43.2 Å². The molecule has 0 fully saturated rings. The fourth-order valence-electron chi connectivity index (χ4n) is 1.97. The predicted octanol–water partition coefficient (Wildman–Crippen LogP) is 4.06. The van der Waals surface area contributed by atoms with Crippen LogP contribution in [-0.2, 0) is 4.79 Å². The van der Waals surface area contributed by atoms with E-state index in [0.29, 0.717) is 13.0 Å². The fourth-order valence-corrected chi connectivity index (χ4v) is 1.97. The Hall–Kier alpha value is -2.49. The van der Waals surface area contributed by atoms with Crippen molar-refractivity contribution in [2.24, 2.45) is 0 Å². The number of carboxylic acid groups (broad SMARTS) is 1. The third kappa shape index (κ3) is 4.84. The topological polar surface area (TPSA) is 58.6 Å². The summed E-state index contributed by atoms with van der Waals surface area (Å²) in [4.78, 5) is 10.5. The maximum atomic E-state index is 10.5. The molecular formula is C17H19NO3. The quantitative estimate of drug-likeness (QED) is 0.753. The minimum atomic E-state index is -0.777. The Morgan fingerprint density at radius 3 is 2.76 bits per heavy atom. The van der Waals surface area contributed by atoms with Gasteiger partial charge in [-0.25, -0.2) is 0 Å². The second-order valence-corrected chi connectivity index (χ2v) is 4.84. The Kier molecular flexibility index (Phi) is 5.21. The third-order valence-corrected chi connectivity index (χ3v) is 2.99.